The van der Waals surface area contributed by atoms with Gasteiger partial charge in [-0.15, -0.1) is 4.91 Å². The molecule has 12 heavy (non-hydrogen) atoms. The van der Waals surface area contributed by atoms with E-state index in [2.05, 4.69) is 30.7 Å². The molecule has 3 nitrogen and oxygen atoms in total. The first kappa shape index (κ1) is 11.9. The Kier molecular flexibility index (Phi) is 4.20. The van der Waals surface area contributed by atoms with Crippen LogP contribution in [0.15, 0.2) is 4.58 Å². The van der Waals surface area contributed by atoms with Crippen LogP contribution >= 0.6 is 11.9 Å². The van der Waals surface area contributed by atoms with Crippen molar-refractivity contribution in [2.45, 2.75) is 44.9 Å². The quantitative estimate of drug-likeness (QED) is 0.547. The van der Waals surface area contributed by atoms with Crippen molar-refractivity contribution in [3.8, 4) is 0 Å². The highest BCUT2D eigenvalue weighted by atomic mass is 32.2. The van der Waals surface area contributed by atoms with Gasteiger partial charge in [0.05, 0.1) is 0 Å². The van der Waals surface area contributed by atoms with E-state index in [1.165, 1.54) is 0 Å². The highest BCUT2D eigenvalue weighted by molar-refractivity contribution is 7.99. The summed E-state index contributed by atoms with van der Waals surface area (Å²) in [5, 5.41) is 3.33. The minimum Gasteiger partial charge on any atom is -0.311 e. The summed E-state index contributed by atoms with van der Waals surface area (Å²) in [5.74, 6) is 0. The smallest absolute Gasteiger partial charge is 0.0480 e. The van der Waals surface area contributed by atoms with Gasteiger partial charge in [0.2, 0.25) is 0 Å². The van der Waals surface area contributed by atoms with Gasteiger partial charge >= 0.3 is 0 Å². The second-order valence-corrected chi connectivity index (χ2v) is 5.97. The molecular weight excluding hydrogens is 172 g/mol. The Balaban J connectivity index is 3.83. The Morgan fingerprint density at radius 1 is 1.25 bits per heavy atom. The molecule has 72 valence electrons. The first-order chi connectivity index (χ1) is 5.27. The fourth-order valence-electron chi connectivity index (χ4n) is 0.611. The number of rotatable bonds is 4. The normalized spacial score (nSPS) is 13.1. The maximum atomic E-state index is 10.0. The van der Waals surface area contributed by atoms with Crippen LogP contribution in [0.5, 0.6) is 0 Å². The third kappa shape index (κ3) is 6.61. The van der Waals surface area contributed by atoms with E-state index < -0.39 is 0 Å². The second kappa shape index (κ2) is 4.23. The third-order valence-corrected chi connectivity index (χ3v) is 2.04. The number of hydrogen-bond donors (Lipinski definition) is 1. The summed E-state index contributed by atoms with van der Waals surface area (Å²) in [6.45, 7) is 11.1. The molecule has 0 atom stereocenters. The van der Waals surface area contributed by atoms with Crippen molar-refractivity contribution in [3.63, 3.8) is 0 Å². The lowest BCUT2D eigenvalue weighted by Gasteiger charge is -2.27. The zero-order valence-electron chi connectivity index (χ0n) is 8.47. The van der Waals surface area contributed by atoms with Gasteiger partial charge in [0.25, 0.3) is 0 Å². The molecule has 0 amide bonds. The molecule has 0 unspecified atom stereocenters. The van der Waals surface area contributed by atoms with E-state index in [-0.39, 0.29) is 10.3 Å². The van der Waals surface area contributed by atoms with Crippen LogP contribution in [0.25, 0.3) is 0 Å². The molecule has 0 aromatic carbocycles. The largest absolute Gasteiger partial charge is 0.311 e. The lowest BCUT2D eigenvalue weighted by molar-refractivity contribution is 0.406. The zero-order valence-corrected chi connectivity index (χ0v) is 9.29. The maximum Gasteiger partial charge on any atom is 0.0480 e. The Bertz CT molecular complexity index is 152. The van der Waals surface area contributed by atoms with Gasteiger partial charge in [-0.25, -0.2) is 0 Å². The first-order valence-corrected chi connectivity index (χ1v) is 4.80. The number of hydrogen-bond acceptors (Lipinski definition) is 4. The molecule has 0 spiro atoms. The van der Waals surface area contributed by atoms with E-state index in [1.807, 2.05) is 13.8 Å². The predicted molar refractivity (Wildman–Crippen MR) is 55.2 cm³/mol. The topological polar surface area (TPSA) is 41.5 Å². The standard InChI is InChI=1S/C8H18N2OS/c1-7(2,3)9-6-8(4,5)12-10-11/h9H,6H2,1-5H3. The van der Waals surface area contributed by atoms with Gasteiger partial charge in [0.15, 0.2) is 0 Å². The van der Waals surface area contributed by atoms with Crippen molar-refractivity contribution in [2.24, 2.45) is 4.58 Å². The molecule has 0 radical (unpaired) electrons. The minimum atomic E-state index is -0.116. The molecule has 0 aliphatic carbocycles. The monoisotopic (exact) mass is 190 g/mol. The van der Waals surface area contributed by atoms with Gasteiger partial charge in [-0.3, -0.25) is 0 Å². The van der Waals surface area contributed by atoms with Crippen molar-refractivity contribution in [1.82, 2.24) is 5.32 Å². The van der Waals surface area contributed by atoms with Crippen molar-refractivity contribution in [1.29, 1.82) is 0 Å². The Morgan fingerprint density at radius 3 is 2.08 bits per heavy atom. The van der Waals surface area contributed by atoms with Crippen molar-refractivity contribution in [3.05, 3.63) is 4.91 Å². The van der Waals surface area contributed by atoms with Gasteiger partial charge < -0.3 is 5.32 Å². The minimum absolute atomic E-state index is 0.0979. The Labute approximate surface area is 78.8 Å². The summed E-state index contributed by atoms with van der Waals surface area (Å²) >= 11 is 1.08. The van der Waals surface area contributed by atoms with Crippen LogP contribution in [-0.4, -0.2) is 16.8 Å². The molecular formula is C8H18N2OS. The van der Waals surface area contributed by atoms with Crippen LogP contribution in [0.3, 0.4) is 0 Å². The predicted octanol–water partition coefficient (Wildman–Crippen LogP) is 2.57. The van der Waals surface area contributed by atoms with Crippen molar-refractivity contribution >= 4 is 11.9 Å². The lowest BCUT2D eigenvalue weighted by Crippen LogP contribution is -2.43. The van der Waals surface area contributed by atoms with E-state index in [9.17, 15) is 4.91 Å². The molecule has 1 N–H and O–H groups in total. The Morgan fingerprint density at radius 2 is 1.75 bits per heavy atom. The van der Waals surface area contributed by atoms with Crippen LogP contribution in [0.4, 0.5) is 0 Å². The number of nitrogens with one attached hydrogen (secondary N) is 1. The van der Waals surface area contributed by atoms with Crippen LogP contribution in [-0.2, 0) is 0 Å². The second-order valence-electron chi connectivity index (χ2n) is 4.53. The summed E-state index contributed by atoms with van der Waals surface area (Å²) < 4.78 is 2.72. The molecule has 0 aliphatic heterocycles. The molecule has 0 bridgehead atoms. The zero-order chi connectivity index (χ0) is 9.83. The summed E-state index contributed by atoms with van der Waals surface area (Å²) in [6, 6.07) is 0. The van der Waals surface area contributed by atoms with Crippen LogP contribution < -0.4 is 5.32 Å². The van der Waals surface area contributed by atoms with Crippen molar-refractivity contribution < 1.29 is 0 Å². The Hall–Kier alpha value is -0.0900. The van der Waals surface area contributed by atoms with Gasteiger partial charge in [-0.05, 0) is 34.6 Å². The fourth-order valence-corrected chi connectivity index (χ4v) is 0.950. The molecule has 0 heterocycles. The van der Waals surface area contributed by atoms with E-state index >= 15 is 0 Å². The molecule has 0 aromatic heterocycles. The number of nitroso groups, excluding NO2 is 1. The summed E-state index contributed by atoms with van der Waals surface area (Å²) in [7, 11) is 0. The van der Waals surface area contributed by atoms with Crippen LogP contribution in [0.1, 0.15) is 34.6 Å². The van der Waals surface area contributed by atoms with Crippen LogP contribution in [0.2, 0.25) is 0 Å². The maximum absolute atomic E-state index is 10.0. The SMILES string of the molecule is CC(C)(C)NCC(C)(C)SN=O. The van der Waals surface area contributed by atoms with E-state index in [0.29, 0.717) is 0 Å². The molecule has 4 heteroatoms. The molecule has 0 aromatic rings. The molecule has 0 saturated heterocycles. The third-order valence-electron chi connectivity index (χ3n) is 1.33. The molecule has 0 rings (SSSR count). The fraction of sp³-hybridized carbons (Fsp3) is 1.00. The highest BCUT2D eigenvalue weighted by Gasteiger charge is 2.22. The summed E-state index contributed by atoms with van der Waals surface area (Å²) in [4.78, 5) is 10.0. The average molecular weight is 190 g/mol. The first-order valence-electron chi connectivity index (χ1n) is 4.03. The van der Waals surface area contributed by atoms with Gasteiger partial charge in [0, 0.05) is 33.4 Å². The van der Waals surface area contributed by atoms with Gasteiger partial charge in [-0.1, -0.05) is 0 Å². The van der Waals surface area contributed by atoms with E-state index in [1.54, 1.807) is 0 Å². The lowest BCUT2D eigenvalue weighted by atomic mass is 10.1. The molecule has 0 fully saturated rings. The van der Waals surface area contributed by atoms with Gasteiger partial charge in [0.1, 0.15) is 0 Å². The highest BCUT2D eigenvalue weighted by Crippen LogP contribution is 2.24. The van der Waals surface area contributed by atoms with E-state index in [4.69, 9.17) is 0 Å². The van der Waals surface area contributed by atoms with E-state index in [0.717, 1.165) is 18.5 Å². The average Bonchev–Trinajstić information content (AvgIpc) is 1.83. The summed E-state index contributed by atoms with van der Waals surface area (Å²) in [6.07, 6.45) is 0. The van der Waals surface area contributed by atoms with Gasteiger partial charge in [-0.2, -0.15) is 0 Å². The van der Waals surface area contributed by atoms with Crippen molar-refractivity contribution in [2.75, 3.05) is 6.54 Å². The number of nitrogens with zero attached hydrogens (tertiary/aromatic N) is 1. The molecule has 0 saturated carbocycles. The summed E-state index contributed by atoms with van der Waals surface area (Å²) in [5.41, 5.74) is 0.0979. The van der Waals surface area contributed by atoms with Crippen LogP contribution in [0, 0.1) is 4.91 Å². The molecule has 0 aliphatic rings.